The minimum atomic E-state index is -2.31. The molecule has 2 bridgehead atoms. The monoisotopic (exact) mass is 604 g/mol. The van der Waals surface area contributed by atoms with Crippen molar-refractivity contribution in [2.45, 2.75) is 96.1 Å². The van der Waals surface area contributed by atoms with Crippen LogP contribution in [0.5, 0.6) is 0 Å². The summed E-state index contributed by atoms with van der Waals surface area (Å²) in [5, 5.41) is 12.3. The predicted molar refractivity (Wildman–Crippen MR) is 143 cm³/mol. The Labute approximate surface area is 248 Å². The third-order valence-corrected chi connectivity index (χ3v) is 8.50. The summed E-state index contributed by atoms with van der Waals surface area (Å²) >= 11 is 0. The van der Waals surface area contributed by atoms with Gasteiger partial charge in [0.1, 0.15) is 24.2 Å². The number of Topliss-reactive ketones (excluding diaryl/α,β-unsaturated/α-hetero) is 1. The molecule has 1 saturated heterocycles. The van der Waals surface area contributed by atoms with Gasteiger partial charge >= 0.3 is 29.8 Å². The predicted octanol–water partition coefficient (Wildman–Crippen LogP) is 1.46. The third-order valence-electron chi connectivity index (χ3n) is 8.50. The quantitative estimate of drug-likeness (QED) is 0.350. The van der Waals surface area contributed by atoms with Crippen molar-refractivity contribution in [2.24, 2.45) is 11.3 Å². The largest absolute Gasteiger partial charge is 0.465 e. The maximum absolute atomic E-state index is 14.6. The molecule has 4 rings (SSSR count). The van der Waals surface area contributed by atoms with Crippen LogP contribution in [0.1, 0.15) is 65.2 Å². The maximum atomic E-state index is 14.6. The Kier molecular flexibility index (Phi) is 8.22. The molecule has 234 valence electrons. The molecule has 1 heterocycles. The molecule has 0 amide bonds. The van der Waals surface area contributed by atoms with Crippen LogP contribution < -0.4 is 0 Å². The van der Waals surface area contributed by atoms with Crippen LogP contribution >= 0.6 is 0 Å². The number of ether oxygens (including phenoxy) is 6. The van der Waals surface area contributed by atoms with Crippen LogP contribution in [0.2, 0.25) is 0 Å². The lowest BCUT2D eigenvalue weighted by Gasteiger charge is -2.65. The molecule has 2 saturated carbocycles. The lowest BCUT2D eigenvalue weighted by molar-refractivity contribution is -0.350. The molecule has 3 aliphatic rings. The maximum Gasteiger partial charge on any atom is 0.338 e. The van der Waals surface area contributed by atoms with Gasteiger partial charge in [-0.25, -0.2) is 4.79 Å². The van der Waals surface area contributed by atoms with E-state index in [4.69, 9.17) is 28.4 Å². The normalized spacial score (nSPS) is 35.6. The SMILES string of the molecule is CC(=O)OCC12C(OC(=O)c3ccccc3)C(=O)C3C(OC(C)=O)C1(OC3(C)C)C(C)(O)CC(OC(C)=O)C2OC(C)=O. The Morgan fingerprint density at radius 2 is 1.40 bits per heavy atom. The molecular weight excluding hydrogens is 568 g/mol. The van der Waals surface area contributed by atoms with E-state index in [9.17, 15) is 33.9 Å². The fourth-order valence-corrected chi connectivity index (χ4v) is 7.26. The van der Waals surface area contributed by atoms with E-state index in [1.807, 2.05) is 0 Å². The van der Waals surface area contributed by atoms with Crippen LogP contribution in [0.4, 0.5) is 0 Å². The van der Waals surface area contributed by atoms with Gasteiger partial charge in [0.25, 0.3) is 0 Å². The second-order valence-corrected chi connectivity index (χ2v) is 12.0. The summed E-state index contributed by atoms with van der Waals surface area (Å²) in [6.07, 6.45) is -7.06. The molecule has 43 heavy (non-hydrogen) atoms. The lowest BCUT2D eigenvalue weighted by atomic mass is 9.46. The van der Waals surface area contributed by atoms with Crippen molar-refractivity contribution in [1.82, 2.24) is 0 Å². The molecule has 1 aliphatic heterocycles. The minimum Gasteiger partial charge on any atom is -0.465 e. The number of hydrogen-bond donors (Lipinski definition) is 1. The number of carbonyl (C=O) groups is 6. The minimum absolute atomic E-state index is 0.0600. The Balaban J connectivity index is 2.11. The number of carbonyl (C=O) groups excluding carboxylic acids is 6. The van der Waals surface area contributed by atoms with Gasteiger partial charge < -0.3 is 33.5 Å². The highest BCUT2D eigenvalue weighted by Crippen LogP contribution is 2.68. The summed E-state index contributed by atoms with van der Waals surface area (Å²) in [4.78, 5) is 77.9. The van der Waals surface area contributed by atoms with Crippen LogP contribution in [-0.2, 0) is 52.4 Å². The van der Waals surface area contributed by atoms with E-state index in [1.54, 1.807) is 18.2 Å². The van der Waals surface area contributed by atoms with Crippen LogP contribution in [0.25, 0.3) is 0 Å². The molecule has 0 aromatic heterocycles. The molecule has 3 fully saturated rings. The van der Waals surface area contributed by atoms with Crippen molar-refractivity contribution in [1.29, 1.82) is 0 Å². The fourth-order valence-electron chi connectivity index (χ4n) is 7.26. The van der Waals surface area contributed by atoms with Gasteiger partial charge in [0.15, 0.2) is 23.6 Å². The van der Waals surface area contributed by atoms with E-state index < -0.39 is 101 Å². The Hall–Kier alpha value is -3.84. The molecule has 8 atom stereocenters. The van der Waals surface area contributed by atoms with Gasteiger partial charge in [-0.2, -0.15) is 0 Å². The summed E-state index contributed by atoms with van der Waals surface area (Å²) in [6.45, 7) is 7.88. The van der Waals surface area contributed by atoms with E-state index in [1.165, 1.54) is 32.9 Å². The number of fused-ring (bicyclic) bond motifs is 1. The first-order valence-electron chi connectivity index (χ1n) is 13.8. The molecule has 1 aromatic carbocycles. The zero-order chi connectivity index (χ0) is 32.1. The first-order valence-corrected chi connectivity index (χ1v) is 13.8. The van der Waals surface area contributed by atoms with Crippen molar-refractivity contribution in [2.75, 3.05) is 6.61 Å². The van der Waals surface area contributed by atoms with Gasteiger partial charge in [0.05, 0.1) is 22.7 Å². The molecule has 13 nitrogen and oxygen atoms in total. The summed E-state index contributed by atoms with van der Waals surface area (Å²) in [6, 6.07) is 7.71. The van der Waals surface area contributed by atoms with Gasteiger partial charge in [-0.15, -0.1) is 0 Å². The van der Waals surface area contributed by atoms with E-state index >= 15 is 0 Å². The summed E-state index contributed by atoms with van der Waals surface area (Å²) in [5.74, 6) is -6.46. The molecule has 8 unspecified atom stereocenters. The van der Waals surface area contributed by atoms with Crippen molar-refractivity contribution >= 4 is 35.6 Å². The second kappa shape index (κ2) is 11.0. The van der Waals surface area contributed by atoms with Gasteiger partial charge in [0.2, 0.25) is 0 Å². The molecular formula is C30H36O13. The Morgan fingerprint density at radius 1 is 0.837 bits per heavy atom. The van der Waals surface area contributed by atoms with E-state index in [-0.39, 0.29) is 5.56 Å². The van der Waals surface area contributed by atoms with Crippen LogP contribution in [-0.4, -0.2) is 88.6 Å². The summed E-state index contributed by atoms with van der Waals surface area (Å²) in [5.41, 5.74) is -8.08. The molecule has 0 radical (unpaired) electrons. The van der Waals surface area contributed by atoms with E-state index in [0.29, 0.717) is 0 Å². The molecule has 1 aromatic rings. The average Bonchev–Trinajstić information content (AvgIpc) is 3.09. The van der Waals surface area contributed by atoms with Gasteiger partial charge in [-0.1, -0.05) is 18.2 Å². The first-order chi connectivity index (χ1) is 19.9. The average molecular weight is 605 g/mol. The standard InChI is InChI=1S/C30H36O13/c1-15(31)38-14-29-23(40-17(3)33)20(39-16(2)32)13-28(7,37)30(29)24(41-18(4)34)21(27(5,6)43-30)22(35)25(29)42-26(36)19-11-9-8-10-12-19/h8-12,20-21,23-25,37H,13-14H2,1-7H3. The third kappa shape index (κ3) is 5.07. The number of benzene rings is 1. The lowest BCUT2D eigenvalue weighted by Crippen LogP contribution is -2.85. The number of esters is 5. The number of rotatable bonds is 7. The molecule has 1 spiro atoms. The molecule has 2 aliphatic carbocycles. The highest BCUT2D eigenvalue weighted by atomic mass is 16.6. The Bertz CT molecular complexity index is 1330. The van der Waals surface area contributed by atoms with Gasteiger partial charge in [-0.05, 0) is 32.9 Å². The molecule has 1 N–H and O–H groups in total. The number of hydrogen-bond acceptors (Lipinski definition) is 13. The summed E-state index contributed by atoms with van der Waals surface area (Å²) < 4.78 is 35.1. The smallest absolute Gasteiger partial charge is 0.338 e. The van der Waals surface area contributed by atoms with Crippen molar-refractivity contribution in [3.05, 3.63) is 35.9 Å². The number of ketones is 1. The van der Waals surface area contributed by atoms with Crippen molar-refractivity contribution in [3.63, 3.8) is 0 Å². The first kappa shape index (κ1) is 32.1. The van der Waals surface area contributed by atoms with Crippen molar-refractivity contribution < 1.29 is 62.3 Å². The van der Waals surface area contributed by atoms with E-state index in [2.05, 4.69) is 0 Å². The number of aliphatic hydroxyl groups is 1. The van der Waals surface area contributed by atoms with Gasteiger partial charge in [-0.3, -0.25) is 24.0 Å². The zero-order valence-corrected chi connectivity index (χ0v) is 25.0. The fraction of sp³-hybridized carbons (Fsp3) is 0.600. The van der Waals surface area contributed by atoms with Crippen LogP contribution in [0, 0.1) is 11.3 Å². The second-order valence-electron chi connectivity index (χ2n) is 12.0. The van der Waals surface area contributed by atoms with Crippen molar-refractivity contribution in [3.8, 4) is 0 Å². The van der Waals surface area contributed by atoms with E-state index in [0.717, 1.165) is 27.7 Å². The highest BCUT2D eigenvalue weighted by molar-refractivity contribution is 5.96. The van der Waals surface area contributed by atoms with Gasteiger partial charge in [0, 0.05) is 34.1 Å². The summed E-state index contributed by atoms with van der Waals surface area (Å²) in [7, 11) is 0. The Morgan fingerprint density at radius 3 is 1.93 bits per heavy atom. The molecule has 13 heteroatoms. The highest BCUT2D eigenvalue weighted by Gasteiger charge is 2.88. The topological polar surface area (TPSA) is 178 Å². The zero-order valence-electron chi connectivity index (χ0n) is 25.0. The van der Waals surface area contributed by atoms with Crippen LogP contribution in [0.3, 0.4) is 0 Å². The van der Waals surface area contributed by atoms with Crippen LogP contribution in [0.15, 0.2) is 30.3 Å².